The molecule has 1 aromatic heterocycles. The van der Waals surface area contributed by atoms with Gasteiger partial charge in [-0.3, -0.25) is 4.79 Å². The number of aliphatic hydroxyl groups is 1. The molecule has 8 nitrogen and oxygen atoms in total. The van der Waals surface area contributed by atoms with Gasteiger partial charge in [0.2, 0.25) is 15.9 Å². The fourth-order valence-electron chi connectivity index (χ4n) is 4.88. The van der Waals surface area contributed by atoms with Gasteiger partial charge in [0, 0.05) is 22.4 Å². The second kappa shape index (κ2) is 9.85. The molecule has 2 N–H and O–H groups in total. The molecule has 1 atom stereocenters. The molecule has 5 rings (SSSR count). The van der Waals surface area contributed by atoms with Gasteiger partial charge in [-0.1, -0.05) is 24.3 Å². The molecule has 37 heavy (non-hydrogen) atoms. The summed E-state index contributed by atoms with van der Waals surface area (Å²) < 4.78 is 46.6. The van der Waals surface area contributed by atoms with Gasteiger partial charge in [-0.05, 0) is 67.6 Å². The number of methoxy groups -OCH3 is 1. The lowest BCUT2D eigenvalue weighted by Crippen LogP contribution is -2.37. The molecule has 2 aliphatic rings. The molecule has 0 spiro atoms. The number of nitrogens with one attached hydrogen (secondary N) is 1. The fourth-order valence-corrected chi connectivity index (χ4v) is 6.56. The molecule has 200 valence electrons. The van der Waals surface area contributed by atoms with Crippen LogP contribution in [0, 0.1) is 5.82 Å². The normalized spacial score (nSPS) is 18.9. The number of carbonyl (C=O) groups is 1. The van der Waals surface area contributed by atoms with E-state index in [-0.39, 0.29) is 27.4 Å². The third-order valence-electron chi connectivity index (χ3n) is 7.17. The first-order chi connectivity index (χ1) is 17.8. The highest BCUT2D eigenvalue weighted by atomic mass is 32.2. The van der Waals surface area contributed by atoms with Crippen LogP contribution in [0.15, 0.2) is 65.6 Å². The van der Waals surface area contributed by atoms with E-state index in [2.05, 4.69) is 10.3 Å². The molecule has 2 fully saturated rings. The van der Waals surface area contributed by atoms with Crippen LogP contribution in [-0.2, 0) is 20.2 Å². The zero-order valence-corrected chi connectivity index (χ0v) is 21.2. The number of aromatic nitrogens is 1. The van der Waals surface area contributed by atoms with Crippen molar-refractivity contribution in [3.8, 4) is 17.0 Å². The summed E-state index contributed by atoms with van der Waals surface area (Å²) in [6.45, 7) is 0.192. The Kier molecular flexibility index (Phi) is 6.74. The van der Waals surface area contributed by atoms with E-state index in [0.717, 1.165) is 6.42 Å². The van der Waals surface area contributed by atoms with Gasteiger partial charge < -0.3 is 15.2 Å². The van der Waals surface area contributed by atoms with Crippen LogP contribution in [-0.4, -0.2) is 55.0 Å². The Morgan fingerprint density at radius 2 is 1.97 bits per heavy atom. The third kappa shape index (κ3) is 4.72. The van der Waals surface area contributed by atoms with E-state index in [0.29, 0.717) is 48.4 Å². The summed E-state index contributed by atoms with van der Waals surface area (Å²) in [5.41, 5.74) is 1.05. The van der Waals surface area contributed by atoms with E-state index in [1.807, 2.05) is 0 Å². The minimum atomic E-state index is -3.71. The summed E-state index contributed by atoms with van der Waals surface area (Å²) in [5.74, 6) is -0.294. The summed E-state index contributed by atoms with van der Waals surface area (Å²) in [6.07, 6.45) is 2.58. The van der Waals surface area contributed by atoms with Crippen molar-refractivity contribution in [1.82, 2.24) is 9.29 Å². The monoisotopic (exact) mass is 531 g/mol. The second-order valence-electron chi connectivity index (χ2n) is 9.41. The molecule has 3 aromatic rings. The van der Waals surface area contributed by atoms with Crippen molar-refractivity contribution >= 4 is 21.7 Å². The number of hydrogen-bond donors (Lipinski definition) is 2. The lowest BCUT2D eigenvalue weighted by Gasteiger charge is -2.22. The number of halogens is 1. The van der Waals surface area contributed by atoms with Crippen LogP contribution in [0.1, 0.15) is 35.5 Å². The Morgan fingerprint density at radius 1 is 1.22 bits per heavy atom. The molecule has 1 amide bonds. The first-order valence-corrected chi connectivity index (χ1v) is 13.6. The van der Waals surface area contributed by atoms with Gasteiger partial charge in [0.15, 0.2) is 11.6 Å². The first kappa shape index (κ1) is 25.3. The van der Waals surface area contributed by atoms with Gasteiger partial charge in [-0.25, -0.2) is 17.8 Å². The topological polar surface area (TPSA) is 109 Å². The molecule has 1 aliphatic heterocycles. The standard InChI is InChI=1S/C27H28FN3O5S.3H2/c1-36-24-12-9-19(16-22(24)28)27(13-14-27)26(33)30-25-6-2-5-23(29-25)18-7-10-21(11-8-18)37(34,35)31-15-3-4-20(31)17-32;;;/h2,5-12,16,20,32H,3-4,13-15,17H2,1H3,(H,29,30,33);3*1H/t20-;;;/m1.../s1. The van der Waals surface area contributed by atoms with E-state index >= 15 is 0 Å². The van der Waals surface area contributed by atoms with Gasteiger partial charge >= 0.3 is 0 Å². The highest BCUT2D eigenvalue weighted by molar-refractivity contribution is 7.89. The number of carbonyl (C=O) groups excluding carboxylic acids is 1. The molecule has 2 aromatic carbocycles. The number of ether oxygens (including phenoxy) is 1. The number of anilines is 1. The SMILES string of the molecule is COc1ccc(C2(C(=O)Nc3cccc(-c4ccc(S(=O)(=O)N5CCC[C@@H]5CO)cc4)n3)CC2)cc1F.[HH].[HH].[HH]. The maximum Gasteiger partial charge on any atom is 0.243 e. The fraction of sp³-hybridized carbons (Fsp3) is 0.333. The van der Waals surface area contributed by atoms with Crippen molar-refractivity contribution in [3.05, 3.63) is 72.0 Å². The maximum absolute atomic E-state index is 14.2. The van der Waals surface area contributed by atoms with Crippen molar-refractivity contribution in [2.45, 2.75) is 42.0 Å². The molecular formula is C27H34FN3O5S. The molecule has 1 saturated heterocycles. The number of pyridine rings is 1. The highest BCUT2D eigenvalue weighted by Gasteiger charge is 2.51. The Bertz CT molecular complexity index is 1440. The summed E-state index contributed by atoms with van der Waals surface area (Å²) in [6, 6.07) is 15.8. The van der Waals surface area contributed by atoms with Crippen LogP contribution in [0.25, 0.3) is 11.3 Å². The number of rotatable bonds is 8. The average molecular weight is 532 g/mol. The predicted octanol–water partition coefficient (Wildman–Crippen LogP) is 4.45. The number of amides is 1. The molecule has 0 unspecified atom stereocenters. The molecule has 0 bridgehead atoms. The van der Waals surface area contributed by atoms with Gasteiger partial charge in [-0.15, -0.1) is 0 Å². The van der Waals surface area contributed by atoms with E-state index in [9.17, 15) is 22.7 Å². The predicted molar refractivity (Wildman–Crippen MR) is 143 cm³/mol. The van der Waals surface area contributed by atoms with E-state index in [4.69, 9.17) is 4.74 Å². The van der Waals surface area contributed by atoms with Crippen LogP contribution in [0.2, 0.25) is 0 Å². The summed E-state index contributed by atoms with van der Waals surface area (Å²) >= 11 is 0. The smallest absolute Gasteiger partial charge is 0.243 e. The lowest BCUT2D eigenvalue weighted by atomic mass is 9.94. The quantitative estimate of drug-likeness (QED) is 0.445. The molecule has 0 radical (unpaired) electrons. The largest absolute Gasteiger partial charge is 0.494 e. The number of hydrogen-bond acceptors (Lipinski definition) is 6. The minimum Gasteiger partial charge on any atom is -0.494 e. The van der Waals surface area contributed by atoms with Gasteiger partial charge in [0.1, 0.15) is 5.82 Å². The van der Waals surface area contributed by atoms with Crippen molar-refractivity contribution < 1.29 is 31.7 Å². The highest BCUT2D eigenvalue weighted by Crippen LogP contribution is 2.49. The van der Waals surface area contributed by atoms with Gasteiger partial charge in [0.25, 0.3) is 0 Å². The van der Waals surface area contributed by atoms with Crippen LogP contribution >= 0.6 is 0 Å². The number of nitrogens with zero attached hydrogens (tertiary/aromatic N) is 2. The van der Waals surface area contributed by atoms with Crippen molar-refractivity contribution in [2.24, 2.45) is 0 Å². The van der Waals surface area contributed by atoms with Gasteiger partial charge in [-0.2, -0.15) is 4.31 Å². The van der Waals surface area contributed by atoms with Crippen LogP contribution < -0.4 is 10.1 Å². The van der Waals surface area contributed by atoms with E-state index in [1.54, 1.807) is 36.4 Å². The number of sulfonamides is 1. The first-order valence-electron chi connectivity index (χ1n) is 12.1. The summed E-state index contributed by atoms with van der Waals surface area (Å²) in [7, 11) is -2.31. The van der Waals surface area contributed by atoms with Crippen molar-refractivity contribution in [3.63, 3.8) is 0 Å². The molecule has 2 heterocycles. The van der Waals surface area contributed by atoms with Crippen LogP contribution in [0.3, 0.4) is 0 Å². The molecule has 1 saturated carbocycles. The Balaban J connectivity index is 0.00000187. The van der Waals surface area contributed by atoms with Crippen molar-refractivity contribution in [2.75, 3.05) is 25.6 Å². The van der Waals surface area contributed by atoms with Crippen LogP contribution in [0.4, 0.5) is 10.2 Å². The van der Waals surface area contributed by atoms with Crippen LogP contribution in [0.5, 0.6) is 5.75 Å². The Hall–Kier alpha value is -3.34. The average Bonchev–Trinajstić information content (AvgIpc) is 3.58. The summed E-state index contributed by atoms with van der Waals surface area (Å²) in [5, 5.41) is 12.4. The Labute approximate surface area is 219 Å². The van der Waals surface area contributed by atoms with E-state index < -0.39 is 27.3 Å². The zero-order chi connectivity index (χ0) is 26.2. The maximum atomic E-state index is 14.2. The summed E-state index contributed by atoms with van der Waals surface area (Å²) in [4.78, 5) is 17.8. The lowest BCUT2D eigenvalue weighted by molar-refractivity contribution is -0.118. The Morgan fingerprint density at radius 3 is 2.62 bits per heavy atom. The number of aliphatic hydroxyl groups excluding tert-OH is 1. The third-order valence-corrected chi connectivity index (χ3v) is 9.14. The minimum absolute atomic E-state index is 0. The van der Waals surface area contributed by atoms with Crippen molar-refractivity contribution in [1.29, 1.82) is 0 Å². The second-order valence-corrected chi connectivity index (χ2v) is 11.3. The zero-order valence-electron chi connectivity index (χ0n) is 20.4. The van der Waals surface area contributed by atoms with E-state index in [1.165, 1.54) is 35.7 Å². The number of benzene rings is 2. The van der Waals surface area contributed by atoms with Gasteiger partial charge in [0.05, 0.1) is 29.7 Å². The molecule has 1 aliphatic carbocycles. The molecular weight excluding hydrogens is 497 g/mol. The molecule has 10 heteroatoms.